The molecule has 0 radical (unpaired) electrons. The van der Waals surface area contributed by atoms with E-state index in [1.165, 1.54) is 0 Å². The van der Waals surface area contributed by atoms with Crippen LogP contribution < -0.4 is 5.32 Å². The first kappa shape index (κ1) is 13.8. The van der Waals surface area contributed by atoms with Crippen LogP contribution in [-0.4, -0.2) is 15.5 Å². The lowest BCUT2D eigenvalue weighted by atomic mass is 10.2. The van der Waals surface area contributed by atoms with E-state index in [-0.39, 0.29) is 5.91 Å². The molecule has 0 fully saturated rings. The second-order valence-corrected chi connectivity index (χ2v) is 5.82. The molecule has 5 heteroatoms. The van der Waals surface area contributed by atoms with Gasteiger partial charge in [0.1, 0.15) is 5.69 Å². The second-order valence-electron chi connectivity index (χ2n) is 4.90. The van der Waals surface area contributed by atoms with Gasteiger partial charge in [-0.2, -0.15) is 0 Å². The van der Waals surface area contributed by atoms with Crippen molar-refractivity contribution in [1.29, 1.82) is 0 Å². The number of para-hydroxylation sites is 1. The molecular formula is C16H14BrN3O. The van der Waals surface area contributed by atoms with E-state index >= 15 is 0 Å². The molecule has 0 saturated heterocycles. The van der Waals surface area contributed by atoms with Crippen molar-refractivity contribution in [2.45, 2.75) is 6.92 Å². The number of fused-ring (bicyclic) bond motifs is 1. The lowest BCUT2D eigenvalue weighted by molar-refractivity contribution is 0.101. The van der Waals surface area contributed by atoms with Crippen LogP contribution in [0, 0.1) is 6.92 Å². The molecule has 0 spiro atoms. The minimum Gasteiger partial charge on any atom is -0.344 e. The Morgan fingerprint density at radius 3 is 2.81 bits per heavy atom. The van der Waals surface area contributed by atoms with E-state index < -0.39 is 0 Å². The van der Waals surface area contributed by atoms with Gasteiger partial charge in [0.15, 0.2) is 0 Å². The molecule has 2 heterocycles. The Labute approximate surface area is 130 Å². The first-order chi connectivity index (χ1) is 10.1. The highest BCUT2D eigenvalue weighted by Gasteiger charge is 2.13. The molecule has 0 unspecified atom stereocenters. The zero-order valence-electron chi connectivity index (χ0n) is 11.7. The van der Waals surface area contributed by atoms with Crippen LogP contribution in [0.1, 0.15) is 16.2 Å². The fraction of sp³-hybridized carbons (Fsp3) is 0.125. The smallest absolute Gasteiger partial charge is 0.272 e. The molecule has 0 atom stereocenters. The van der Waals surface area contributed by atoms with Gasteiger partial charge in [0.2, 0.25) is 0 Å². The molecule has 3 aromatic rings. The Morgan fingerprint density at radius 1 is 1.29 bits per heavy atom. The molecule has 0 bridgehead atoms. The molecule has 1 N–H and O–H groups in total. The number of amides is 1. The molecule has 0 aliphatic heterocycles. The standard InChI is InChI=1S/C16H14BrN3O/c1-10-6-7-14(20(10)2)16(21)19-13-5-3-4-11-8-12(17)9-18-15(11)13/h3-9H,1-2H3,(H,19,21). The van der Waals surface area contributed by atoms with E-state index in [1.807, 2.05) is 54.9 Å². The van der Waals surface area contributed by atoms with Crippen molar-refractivity contribution in [1.82, 2.24) is 9.55 Å². The van der Waals surface area contributed by atoms with Crippen molar-refractivity contribution in [3.8, 4) is 0 Å². The van der Waals surface area contributed by atoms with E-state index in [1.54, 1.807) is 6.20 Å². The summed E-state index contributed by atoms with van der Waals surface area (Å²) in [7, 11) is 1.88. The molecule has 3 rings (SSSR count). The zero-order chi connectivity index (χ0) is 15.0. The zero-order valence-corrected chi connectivity index (χ0v) is 13.3. The summed E-state index contributed by atoms with van der Waals surface area (Å²) in [5.74, 6) is -0.136. The number of anilines is 1. The molecule has 0 saturated carbocycles. The predicted octanol–water partition coefficient (Wildman–Crippen LogP) is 3.90. The van der Waals surface area contributed by atoms with E-state index in [0.29, 0.717) is 11.4 Å². The number of benzene rings is 1. The number of nitrogens with zero attached hydrogens (tertiary/aromatic N) is 2. The molecule has 0 aliphatic carbocycles. The highest BCUT2D eigenvalue weighted by molar-refractivity contribution is 9.10. The molecular weight excluding hydrogens is 330 g/mol. The summed E-state index contributed by atoms with van der Waals surface area (Å²) in [6, 6.07) is 11.5. The minimum atomic E-state index is -0.136. The lowest BCUT2D eigenvalue weighted by Crippen LogP contribution is -2.16. The second kappa shape index (κ2) is 5.33. The summed E-state index contributed by atoms with van der Waals surface area (Å²) in [6.45, 7) is 1.97. The predicted molar refractivity (Wildman–Crippen MR) is 87.5 cm³/mol. The first-order valence-electron chi connectivity index (χ1n) is 6.54. The van der Waals surface area contributed by atoms with Crippen molar-refractivity contribution >= 4 is 38.4 Å². The molecule has 106 valence electrons. The van der Waals surface area contributed by atoms with Crippen molar-refractivity contribution in [2.24, 2.45) is 7.05 Å². The average molecular weight is 344 g/mol. The largest absolute Gasteiger partial charge is 0.344 e. The third-order valence-electron chi connectivity index (χ3n) is 3.53. The van der Waals surface area contributed by atoms with E-state index in [4.69, 9.17) is 0 Å². The van der Waals surface area contributed by atoms with Crippen LogP contribution in [0.3, 0.4) is 0 Å². The summed E-state index contributed by atoms with van der Waals surface area (Å²) >= 11 is 3.40. The normalized spacial score (nSPS) is 10.8. The van der Waals surface area contributed by atoms with Crippen LogP contribution in [0.4, 0.5) is 5.69 Å². The van der Waals surface area contributed by atoms with Gasteiger partial charge in [-0.3, -0.25) is 9.78 Å². The molecule has 1 amide bonds. The summed E-state index contributed by atoms with van der Waals surface area (Å²) in [6.07, 6.45) is 1.73. The highest BCUT2D eigenvalue weighted by Crippen LogP contribution is 2.24. The van der Waals surface area contributed by atoms with Crippen LogP contribution in [0.2, 0.25) is 0 Å². The summed E-state index contributed by atoms with van der Waals surface area (Å²) in [5, 5.41) is 3.91. The Morgan fingerprint density at radius 2 is 2.10 bits per heavy atom. The van der Waals surface area contributed by atoms with Crippen LogP contribution in [0.15, 0.2) is 47.1 Å². The van der Waals surface area contributed by atoms with Gasteiger partial charge in [0.05, 0.1) is 11.2 Å². The lowest BCUT2D eigenvalue weighted by Gasteiger charge is -2.09. The quantitative estimate of drug-likeness (QED) is 0.767. The Kier molecular flexibility index (Phi) is 3.51. The first-order valence-corrected chi connectivity index (χ1v) is 7.33. The number of hydrogen-bond acceptors (Lipinski definition) is 2. The van der Waals surface area contributed by atoms with E-state index in [2.05, 4.69) is 26.2 Å². The van der Waals surface area contributed by atoms with Crippen molar-refractivity contribution in [3.63, 3.8) is 0 Å². The maximum atomic E-state index is 12.4. The average Bonchev–Trinajstić information content (AvgIpc) is 2.79. The molecule has 4 nitrogen and oxygen atoms in total. The monoisotopic (exact) mass is 343 g/mol. The van der Waals surface area contributed by atoms with Crippen LogP contribution in [0.5, 0.6) is 0 Å². The number of pyridine rings is 1. The molecule has 21 heavy (non-hydrogen) atoms. The van der Waals surface area contributed by atoms with Gasteiger partial charge in [-0.05, 0) is 47.1 Å². The van der Waals surface area contributed by atoms with Crippen LogP contribution >= 0.6 is 15.9 Å². The number of carbonyl (C=O) groups excluding carboxylic acids is 1. The molecule has 2 aromatic heterocycles. The fourth-order valence-corrected chi connectivity index (χ4v) is 2.61. The SMILES string of the molecule is Cc1ccc(C(=O)Nc2cccc3cc(Br)cnc23)n1C. The number of halogens is 1. The van der Waals surface area contributed by atoms with Gasteiger partial charge in [0, 0.05) is 28.8 Å². The number of hydrogen-bond donors (Lipinski definition) is 1. The van der Waals surface area contributed by atoms with Gasteiger partial charge in [-0.25, -0.2) is 0 Å². The Bertz CT molecular complexity index is 839. The van der Waals surface area contributed by atoms with Crippen molar-refractivity contribution in [3.05, 3.63) is 58.5 Å². The topological polar surface area (TPSA) is 46.9 Å². The number of nitrogens with one attached hydrogen (secondary N) is 1. The van der Waals surface area contributed by atoms with Gasteiger partial charge in [-0.1, -0.05) is 12.1 Å². The highest BCUT2D eigenvalue weighted by atomic mass is 79.9. The summed E-state index contributed by atoms with van der Waals surface area (Å²) in [4.78, 5) is 16.8. The number of carbonyl (C=O) groups is 1. The number of aromatic nitrogens is 2. The van der Waals surface area contributed by atoms with Gasteiger partial charge in [-0.15, -0.1) is 0 Å². The molecule has 1 aromatic carbocycles. The maximum Gasteiger partial charge on any atom is 0.272 e. The van der Waals surface area contributed by atoms with E-state index in [9.17, 15) is 4.79 Å². The van der Waals surface area contributed by atoms with Gasteiger partial charge < -0.3 is 9.88 Å². The fourth-order valence-electron chi connectivity index (χ4n) is 2.26. The Balaban J connectivity index is 1.98. The number of aryl methyl sites for hydroxylation is 1. The Hall–Kier alpha value is -2.14. The van der Waals surface area contributed by atoms with E-state index in [0.717, 1.165) is 21.1 Å². The molecule has 0 aliphatic rings. The van der Waals surface area contributed by atoms with Crippen LogP contribution in [0.25, 0.3) is 10.9 Å². The van der Waals surface area contributed by atoms with Crippen molar-refractivity contribution < 1.29 is 4.79 Å². The number of rotatable bonds is 2. The maximum absolute atomic E-state index is 12.4. The summed E-state index contributed by atoms with van der Waals surface area (Å²) < 4.78 is 2.78. The third-order valence-corrected chi connectivity index (χ3v) is 3.96. The van der Waals surface area contributed by atoms with Crippen LogP contribution in [-0.2, 0) is 7.05 Å². The third kappa shape index (κ3) is 2.56. The summed E-state index contributed by atoms with van der Waals surface area (Å²) in [5.41, 5.74) is 3.16. The van der Waals surface area contributed by atoms with Gasteiger partial charge in [0.25, 0.3) is 5.91 Å². The van der Waals surface area contributed by atoms with Crippen molar-refractivity contribution in [2.75, 3.05) is 5.32 Å². The minimum absolute atomic E-state index is 0.136. The van der Waals surface area contributed by atoms with Gasteiger partial charge >= 0.3 is 0 Å².